The molecule has 0 bridgehead atoms. The SMILES string of the molecule is C=CC(=O)NCCCCCc1nc2ccccc2n1CCCCOc1ccccc1C(C)C. The number of hydrogen-bond acceptors (Lipinski definition) is 3. The van der Waals surface area contributed by atoms with Crippen molar-refractivity contribution in [2.75, 3.05) is 13.2 Å². The molecule has 0 atom stereocenters. The molecule has 1 heterocycles. The number of aromatic nitrogens is 2. The molecule has 0 spiro atoms. The Balaban J connectivity index is 1.50. The Morgan fingerprint density at radius 2 is 1.85 bits per heavy atom. The van der Waals surface area contributed by atoms with Crippen LogP contribution >= 0.6 is 0 Å². The van der Waals surface area contributed by atoms with Gasteiger partial charge >= 0.3 is 0 Å². The first-order chi connectivity index (χ1) is 16.1. The molecule has 0 fully saturated rings. The van der Waals surface area contributed by atoms with Crippen molar-refractivity contribution >= 4 is 16.9 Å². The Morgan fingerprint density at radius 3 is 2.67 bits per heavy atom. The number of unbranched alkanes of at least 4 members (excludes halogenated alkanes) is 3. The quantitative estimate of drug-likeness (QED) is 0.242. The van der Waals surface area contributed by atoms with Gasteiger partial charge in [-0.25, -0.2) is 4.98 Å². The maximum Gasteiger partial charge on any atom is 0.243 e. The second-order valence-corrected chi connectivity index (χ2v) is 8.72. The molecule has 33 heavy (non-hydrogen) atoms. The summed E-state index contributed by atoms with van der Waals surface area (Å²) in [5.74, 6) is 2.51. The maximum atomic E-state index is 11.2. The molecule has 1 N–H and O–H groups in total. The van der Waals surface area contributed by atoms with Gasteiger partial charge in [0.1, 0.15) is 11.6 Å². The van der Waals surface area contributed by atoms with Gasteiger partial charge in [-0.1, -0.05) is 57.2 Å². The van der Waals surface area contributed by atoms with Gasteiger partial charge in [0.15, 0.2) is 0 Å². The van der Waals surface area contributed by atoms with E-state index in [0.29, 0.717) is 12.5 Å². The average Bonchev–Trinajstić information content (AvgIpc) is 3.18. The second kappa shape index (κ2) is 12.8. The molecule has 176 valence electrons. The van der Waals surface area contributed by atoms with E-state index in [0.717, 1.165) is 68.8 Å². The zero-order valence-corrected chi connectivity index (χ0v) is 20.1. The number of aryl methyl sites for hydroxylation is 2. The zero-order valence-electron chi connectivity index (χ0n) is 20.1. The van der Waals surface area contributed by atoms with Crippen LogP contribution in [0.15, 0.2) is 61.2 Å². The molecule has 0 aliphatic carbocycles. The molecule has 0 aliphatic heterocycles. The largest absolute Gasteiger partial charge is 0.493 e. The Kier molecular flexibility index (Phi) is 9.55. The summed E-state index contributed by atoms with van der Waals surface area (Å²) in [6.07, 6.45) is 7.39. The van der Waals surface area contributed by atoms with Crippen LogP contribution in [0.3, 0.4) is 0 Å². The van der Waals surface area contributed by atoms with Gasteiger partial charge < -0.3 is 14.6 Å². The summed E-state index contributed by atoms with van der Waals surface area (Å²) in [5, 5.41) is 2.84. The van der Waals surface area contributed by atoms with E-state index in [1.54, 1.807) is 0 Å². The van der Waals surface area contributed by atoms with E-state index in [2.05, 4.69) is 66.7 Å². The molecular weight excluding hydrogens is 410 g/mol. The lowest BCUT2D eigenvalue weighted by Crippen LogP contribution is -2.21. The number of carbonyl (C=O) groups is 1. The molecule has 3 rings (SSSR count). The highest BCUT2D eigenvalue weighted by atomic mass is 16.5. The van der Waals surface area contributed by atoms with E-state index in [1.165, 1.54) is 17.2 Å². The van der Waals surface area contributed by atoms with E-state index in [1.807, 2.05) is 12.1 Å². The van der Waals surface area contributed by atoms with E-state index in [-0.39, 0.29) is 5.91 Å². The summed E-state index contributed by atoms with van der Waals surface area (Å²) in [4.78, 5) is 16.1. The molecule has 0 radical (unpaired) electrons. The normalized spacial score (nSPS) is 11.1. The van der Waals surface area contributed by atoms with E-state index >= 15 is 0 Å². The number of carbonyl (C=O) groups excluding carboxylic acids is 1. The third-order valence-corrected chi connectivity index (χ3v) is 5.87. The van der Waals surface area contributed by atoms with Crippen LogP contribution in [0.5, 0.6) is 5.75 Å². The van der Waals surface area contributed by atoms with Crippen molar-refractivity contribution in [1.29, 1.82) is 0 Å². The second-order valence-electron chi connectivity index (χ2n) is 8.72. The number of amides is 1. The van der Waals surface area contributed by atoms with Gasteiger partial charge in [0.05, 0.1) is 17.6 Å². The minimum Gasteiger partial charge on any atom is -0.493 e. The smallest absolute Gasteiger partial charge is 0.243 e. The van der Waals surface area contributed by atoms with Gasteiger partial charge in [0.25, 0.3) is 0 Å². The molecule has 0 aliphatic rings. The summed E-state index contributed by atoms with van der Waals surface area (Å²) in [7, 11) is 0. The van der Waals surface area contributed by atoms with Crippen LogP contribution in [-0.4, -0.2) is 28.6 Å². The van der Waals surface area contributed by atoms with Crippen molar-refractivity contribution in [1.82, 2.24) is 14.9 Å². The number of ether oxygens (including phenoxy) is 1. The van der Waals surface area contributed by atoms with Crippen LogP contribution in [0, 0.1) is 0 Å². The summed E-state index contributed by atoms with van der Waals surface area (Å²) in [6, 6.07) is 16.7. The number of imidazole rings is 1. The standard InChI is InChI=1S/C28H37N3O2/c1-4-28(32)29-19-11-5-6-18-27-30-24-15-8-9-16-25(24)31(27)20-12-13-21-33-26-17-10-7-14-23(26)22(2)3/h4,7-10,14-17,22H,1,5-6,11-13,18-21H2,2-3H3,(H,29,32). The van der Waals surface area contributed by atoms with Gasteiger partial charge in [-0.05, 0) is 61.4 Å². The molecule has 1 aromatic heterocycles. The van der Waals surface area contributed by atoms with Gasteiger partial charge in [0, 0.05) is 19.5 Å². The highest BCUT2D eigenvalue weighted by Gasteiger charge is 2.11. The molecule has 2 aromatic carbocycles. The van der Waals surface area contributed by atoms with Crippen molar-refractivity contribution in [3.63, 3.8) is 0 Å². The molecule has 0 saturated heterocycles. The van der Waals surface area contributed by atoms with Crippen LogP contribution in [0.2, 0.25) is 0 Å². The number of hydrogen-bond donors (Lipinski definition) is 1. The lowest BCUT2D eigenvalue weighted by atomic mass is 10.0. The van der Waals surface area contributed by atoms with Gasteiger partial charge in [-0.3, -0.25) is 4.79 Å². The van der Waals surface area contributed by atoms with Crippen molar-refractivity contribution in [2.24, 2.45) is 0 Å². The van der Waals surface area contributed by atoms with Gasteiger partial charge in [-0.2, -0.15) is 0 Å². The average molecular weight is 448 g/mol. The van der Waals surface area contributed by atoms with Crippen LogP contribution in [0.1, 0.15) is 63.3 Å². The Morgan fingerprint density at radius 1 is 1.06 bits per heavy atom. The monoisotopic (exact) mass is 447 g/mol. The zero-order chi connectivity index (χ0) is 23.5. The predicted octanol–water partition coefficient (Wildman–Crippen LogP) is 6.03. The summed E-state index contributed by atoms with van der Waals surface area (Å²) >= 11 is 0. The van der Waals surface area contributed by atoms with Gasteiger partial charge in [-0.15, -0.1) is 0 Å². The summed E-state index contributed by atoms with van der Waals surface area (Å²) in [6.45, 7) is 10.2. The fourth-order valence-electron chi connectivity index (χ4n) is 4.08. The molecule has 0 saturated carbocycles. The van der Waals surface area contributed by atoms with Crippen molar-refractivity contribution in [3.8, 4) is 5.75 Å². The fourth-order valence-corrected chi connectivity index (χ4v) is 4.08. The molecule has 0 unspecified atom stereocenters. The lowest BCUT2D eigenvalue weighted by Gasteiger charge is -2.14. The molecular formula is C28H37N3O2. The van der Waals surface area contributed by atoms with Crippen LogP contribution in [0.25, 0.3) is 11.0 Å². The first kappa shape index (κ1) is 24.6. The number of rotatable bonds is 14. The molecule has 5 heteroatoms. The van der Waals surface area contributed by atoms with Crippen LogP contribution in [0.4, 0.5) is 0 Å². The van der Waals surface area contributed by atoms with E-state index in [4.69, 9.17) is 9.72 Å². The minimum absolute atomic E-state index is 0.103. The number of nitrogens with one attached hydrogen (secondary N) is 1. The van der Waals surface area contributed by atoms with Crippen molar-refractivity contribution in [3.05, 3.63) is 72.6 Å². The fraction of sp³-hybridized carbons (Fsp3) is 0.429. The van der Waals surface area contributed by atoms with Gasteiger partial charge in [0.2, 0.25) is 5.91 Å². The summed E-state index contributed by atoms with van der Waals surface area (Å²) in [5.41, 5.74) is 3.54. The summed E-state index contributed by atoms with van der Waals surface area (Å²) < 4.78 is 8.47. The predicted molar refractivity (Wildman–Crippen MR) is 136 cm³/mol. The lowest BCUT2D eigenvalue weighted by molar-refractivity contribution is -0.116. The molecule has 3 aromatic rings. The maximum absolute atomic E-state index is 11.2. The van der Waals surface area contributed by atoms with Crippen LogP contribution in [-0.2, 0) is 17.8 Å². The Hall–Kier alpha value is -3.08. The topological polar surface area (TPSA) is 56.2 Å². The first-order valence-corrected chi connectivity index (χ1v) is 12.2. The molecule has 5 nitrogen and oxygen atoms in total. The number of fused-ring (bicyclic) bond motifs is 1. The van der Waals surface area contributed by atoms with Crippen molar-refractivity contribution < 1.29 is 9.53 Å². The highest BCUT2D eigenvalue weighted by Crippen LogP contribution is 2.26. The van der Waals surface area contributed by atoms with E-state index < -0.39 is 0 Å². The van der Waals surface area contributed by atoms with Crippen LogP contribution < -0.4 is 10.1 Å². The third-order valence-electron chi connectivity index (χ3n) is 5.87. The number of para-hydroxylation sites is 3. The first-order valence-electron chi connectivity index (χ1n) is 12.2. The highest BCUT2D eigenvalue weighted by molar-refractivity contribution is 5.86. The van der Waals surface area contributed by atoms with E-state index in [9.17, 15) is 4.79 Å². The number of nitrogens with zero attached hydrogens (tertiary/aromatic N) is 2. The molecule has 1 amide bonds. The Labute approximate surface area is 197 Å². The Bertz CT molecular complexity index is 1040. The minimum atomic E-state index is -0.103. The van der Waals surface area contributed by atoms with Crippen molar-refractivity contribution in [2.45, 2.75) is 64.8 Å². The number of benzene rings is 2. The third kappa shape index (κ3) is 7.21.